The van der Waals surface area contributed by atoms with Gasteiger partial charge in [0.15, 0.2) is 0 Å². The summed E-state index contributed by atoms with van der Waals surface area (Å²) in [4.78, 5) is 24.0. The van der Waals surface area contributed by atoms with Gasteiger partial charge in [-0.25, -0.2) is 0 Å². The monoisotopic (exact) mass is 298 g/mol. The van der Waals surface area contributed by atoms with Crippen LogP contribution < -0.4 is 10.6 Å². The molecule has 20 heavy (non-hydrogen) atoms. The first-order chi connectivity index (χ1) is 9.67. The van der Waals surface area contributed by atoms with Crippen LogP contribution in [0.25, 0.3) is 0 Å². The summed E-state index contributed by atoms with van der Waals surface area (Å²) in [5, 5.41) is 16.4. The first-order valence-corrected chi connectivity index (χ1v) is 7.77. The smallest absolute Gasteiger partial charge is 0.261 e. The molecule has 0 radical (unpaired) electrons. The maximum absolute atomic E-state index is 11.7. The van der Waals surface area contributed by atoms with Gasteiger partial charge in [-0.15, -0.1) is 11.3 Å². The van der Waals surface area contributed by atoms with Crippen LogP contribution in [0.1, 0.15) is 42.3 Å². The highest BCUT2D eigenvalue weighted by atomic mass is 32.1. The molecule has 0 fully saturated rings. The molecule has 1 heterocycles. The van der Waals surface area contributed by atoms with E-state index in [2.05, 4.69) is 10.6 Å². The second-order valence-corrected chi connectivity index (χ2v) is 5.47. The van der Waals surface area contributed by atoms with Gasteiger partial charge in [0, 0.05) is 25.6 Å². The average molecular weight is 298 g/mol. The van der Waals surface area contributed by atoms with Crippen molar-refractivity contribution in [3.8, 4) is 0 Å². The molecule has 1 atom stereocenters. The molecule has 1 unspecified atom stereocenters. The van der Waals surface area contributed by atoms with Gasteiger partial charge in [-0.2, -0.15) is 0 Å². The lowest BCUT2D eigenvalue weighted by Crippen LogP contribution is -2.35. The van der Waals surface area contributed by atoms with Crippen molar-refractivity contribution in [2.45, 2.75) is 38.6 Å². The summed E-state index contributed by atoms with van der Waals surface area (Å²) in [7, 11) is 0. The fourth-order valence-corrected chi connectivity index (χ4v) is 2.42. The van der Waals surface area contributed by atoms with Crippen molar-refractivity contribution in [2.75, 3.05) is 13.2 Å². The minimum atomic E-state index is -0.0906. The molecule has 3 N–H and O–H groups in total. The quantitative estimate of drug-likeness (QED) is 0.605. The normalized spacial score (nSPS) is 11.9. The van der Waals surface area contributed by atoms with Crippen molar-refractivity contribution in [3.05, 3.63) is 22.4 Å². The van der Waals surface area contributed by atoms with Crippen LogP contribution in [-0.2, 0) is 4.79 Å². The van der Waals surface area contributed by atoms with Crippen LogP contribution in [0, 0.1) is 0 Å². The predicted octanol–water partition coefficient (Wildman–Crippen LogP) is 1.54. The summed E-state index contributed by atoms with van der Waals surface area (Å²) >= 11 is 1.40. The summed E-state index contributed by atoms with van der Waals surface area (Å²) in [6.07, 6.45) is 2.38. The molecule has 112 valence electrons. The topological polar surface area (TPSA) is 78.4 Å². The number of rotatable bonds is 9. The van der Waals surface area contributed by atoms with E-state index in [1.807, 2.05) is 18.4 Å². The molecule has 0 aromatic carbocycles. The van der Waals surface area contributed by atoms with Crippen LogP contribution in [0.2, 0.25) is 0 Å². The lowest BCUT2D eigenvalue weighted by molar-refractivity contribution is -0.122. The average Bonchev–Trinajstić information content (AvgIpc) is 2.97. The van der Waals surface area contributed by atoms with Crippen molar-refractivity contribution < 1.29 is 14.7 Å². The van der Waals surface area contributed by atoms with Crippen molar-refractivity contribution in [1.29, 1.82) is 0 Å². The Bertz CT molecular complexity index is 407. The molecular formula is C14H22N2O3S. The molecule has 6 heteroatoms. The van der Waals surface area contributed by atoms with E-state index >= 15 is 0 Å². The zero-order chi connectivity index (χ0) is 14.8. The van der Waals surface area contributed by atoms with Crippen LogP contribution in [0.15, 0.2) is 17.5 Å². The Balaban J connectivity index is 2.14. The fraction of sp³-hybridized carbons (Fsp3) is 0.571. The number of thiophene rings is 1. The van der Waals surface area contributed by atoms with Crippen LogP contribution >= 0.6 is 11.3 Å². The SMILES string of the molecule is CCC(CCO)NC(=O)CCCNC(=O)c1cccs1. The molecule has 1 aromatic rings. The maximum Gasteiger partial charge on any atom is 0.261 e. The van der Waals surface area contributed by atoms with Gasteiger partial charge in [-0.05, 0) is 30.7 Å². The molecule has 0 aliphatic heterocycles. The summed E-state index contributed by atoms with van der Waals surface area (Å²) in [5.74, 6) is -0.122. The molecule has 0 bridgehead atoms. The van der Waals surface area contributed by atoms with Gasteiger partial charge in [0.1, 0.15) is 0 Å². The number of aliphatic hydroxyl groups is 1. The zero-order valence-corrected chi connectivity index (χ0v) is 12.5. The van der Waals surface area contributed by atoms with Crippen molar-refractivity contribution in [1.82, 2.24) is 10.6 Å². The van der Waals surface area contributed by atoms with Gasteiger partial charge in [0.2, 0.25) is 5.91 Å². The van der Waals surface area contributed by atoms with E-state index in [1.165, 1.54) is 11.3 Å². The van der Waals surface area contributed by atoms with E-state index in [1.54, 1.807) is 6.07 Å². The molecule has 0 saturated carbocycles. The zero-order valence-electron chi connectivity index (χ0n) is 11.7. The number of aliphatic hydroxyl groups excluding tert-OH is 1. The van der Waals surface area contributed by atoms with E-state index < -0.39 is 0 Å². The van der Waals surface area contributed by atoms with Gasteiger partial charge < -0.3 is 15.7 Å². The summed E-state index contributed by atoms with van der Waals surface area (Å²) < 4.78 is 0. The van der Waals surface area contributed by atoms with E-state index in [9.17, 15) is 9.59 Å². The van der Waals surface area contributed by atoms with Crippen molar-refractivity contribution in [3.63, 3.8) is 0 Å². The van der Waals surface area contributed by atoms with Crippen LogP contribution in [0.4, 0.5) is 0 Å². The Hall–Kier alpha value is -1.40. The van der Waals surface area contributed by atoms with E-state index in [0.29, 0.717) is 30.7 Å². The van der Waals surface area contributed by atoms with Gasteiger partial charge in [-0.1, -0.05) is 13.0 Å². The largest absolute Gasteiger partial charge is 0.396 e. The number of hydrogen-bond donors (Lipinski definition) is 3. The lowest BCUT2D eigenvalue weighted by atomic mass is 10.1. The Labute approximate surface area is 123 Å². The Morgan fingerprint density at radius 3 is 2.85 bits per heavy atom. The van der Waals surface area contributed by atoms with Gasteiger partial charge >= 0.3 is 0 Å². The molecule has 5 nitrogen and oxygen atoms in total. The molecule has 1 aromatic heterocycles. The lowest BCUT2D eigenvalue weighted by Gasteiger charge is -2.15. The third-order valence-electron chi connectivity index (χ3n) is 2.95. The Kier molecular flexibility index (Phi) is 7.91. The molecule has 0 aliphatic rings. The first kappa shape index (κ1) is 16.7. The third-order valence-corrected chi connectivity index (χ3v) is 3.82. The molecule has 0 aliphatic carbocycles. The van der Waals surface area contributed by atoms with Gasteiger partial charge in [-0.3, -0.25) is 9.59 Å². The highest BCUT2D eigenvalue weighted by molar-refractivity contribution is 7.12. The predicted molar refractivity (Wildman–Crippen MR) is 79.8 cm³/mol. The van der Waals surface area contributed by atoms with Gasteiger partial charge in [0.05, 0.1) is 4.88 Å². The minimum absolute atomic E-state index is 0.0318. The number of nitrogens with one attached hydrogen (secondary N) is 2. The minimum Gasteiger partial charge on any atom is -0.396 e. The summed E-state index contributed by atoms with van der Waals surface area (Å²) in [6, 6.07) is 3.64. The molecule has 2 amide bonds. The molecule has 1 rings (SSSR count). The highest BCUT2D eigenvalue weighted by Gasteiger charge is 2.10. The van der Waals surface area contributed by atoms with E-state index in [0.717, 1.165) is 6.42 Å². The first-order valence-electron chi connectivity index (χ1n) is 6.89. The number of carbonyl (C=O) groups excluding carboxylic acids is 2. The van der Waals surface area contributed by atoms with Crippen LogP contribution in [0.5, 0.6) is 0 Å². The number of hydrogen-bond acceptors (Lipinski definition) is 4. The van der Waals surface area contributed by atoms with E-state index in [4.69, 9.17) is 5.11 Å². The second-order valence-electron chi connectivity index (χ2n) is 4.52. The standard InChI is InChI=1S/C14H22N2O3S/c1-2-11(7-9-17)16-13(18)6-3-8-15-14(19)12-5-4-10-20-12/h4-5,10-11,17H,2-3,6-9H2,1H3,(H,15,19)(H,16,18). The third kappa shape index (κ3) is 6.16. The number of carbonyl (C=O) groups is 2. The van der Waals surface area contributed by atoms with Crippen LogP contribution in [0.3, 0.4) is 0 Å². The summed E-state index contributed by atoms with van der Waals surface area (Å²) in [5.41, 5.74) is 0. The molecule has 0 saturated heterocycles. The highest BCUT2D eigenvalue weighted by Crippen LogP contribution is 2.07. The Morgan fingerprint density at radius 2 is 2.25 bits per heavy atom. The Morgan fingerprint density at radius 1 is 1.45 bits per heavy atom. The van der Waals surface area contributed by atoms with E-state index in [-0.39, 0.29) is 24.5 Å². The van der Waals surface area contributed by atoms with Gasteiger partial charge in [0.25, 0.3) is 5.91 Å². The number of amides is 2. The van der Waals surface area contributed by atoms with Crippen molar-refractivity contribution >= 4 is 23.2 Å². The summed E-state index contributed by atoms with van der Waals surface area (Å²) in [6.45, 7) is 2.54. The second kappa shape index (κ2) is 9.50. The fourth-order valence-electron chi connectivity index (χ4n) is 1.78. The van der Waals surface area contributed by atoms with Crippen molar-refractivity contribution in [2.24, 2.45) is 0 Å². The molecular weight excluding hydrogens is 276 g/mol. The molecule has 0 spiro atoms. The maximum atomic E-state index is 11.7. The van der Waals surface area contributed by atoms with Crippen LogP contribution in [-0.4, -0.2) is 36.1 Å².